The fourth-order valence-electron chi connectivity index (χ4n) is 4.33. The summed E-state index contributed by atoms with van der Waals surface area (Å²) in [5.41, 5.74) is 1.41. The maximum absolute atomic E-state index is 13.3. The fraction of sp³-hybridized carbons (Fsp3) is 0.458. The number of nitrogens with zero attached hydrogens (tertiary/aromatic N) is 2. The summed E-state index contributed by atoms with van der Waals surface area (Å²) < 4.78 is 20.2. The molecule has 0 saturated heterocycles. The summed E-state index contributed by atoms with van der Waals surface area (Å²) in [4.78, 5) is 30.5. The number of esters is 1. The van der Waals surface area contributed by atoms with Crippen molar-refractivity contribution >= 4 is 27.5 Å². The maximum Gasteiger partial charge on any atom is 0.326 e. The smallest absolute Gasteiger partial charge is 0.326 e. The van der Waals surface area contributed by atoms with Crippen LogP contribution >= 0.6 is 11.3 Å². The van der Waals surface area contributed by atoms with Crippen LogP contribution in [0.3, 0.4) is 0 Å². The SMILES string of the molecule is CC(C)(C)C1CCC(OC(=O)Cn2cnc3scc(-c4ccc(F)cc4)c3c2=O)CC1. The molecule has 0 amide bonds. The molecule has 0 N–H and O–H groups in total. The third-order valence-electron chi connectivity index (χ3n) is 6.21. The van der Waals surface area contributed by atoms with Crippen LogP contribution in [0.2, 0.25) is 0 Å². The average molecular weight is 443 g/mol. The van der Waals surface area contributed by atoms with E-state index in [0.717, 1.165) is 31.2 Å². The molecule has 5 nitrogen and oxygen atoms in total. The topological polar surface area (TPSA) is 61.2 Å². The molecule has 0 atom stereocenters. The Kier molecular flexibility index (Phi) is 5.97. The first kappa shape index (κ1) is 21.7. The molecule has 0 unspecified atom stereocenters. The lowest BCUT2D eigenvalue weighted by Crippen LogP contribution is -2.32. The molecule has 31 heavy (non-hydrogen) atoms. The monoisotopic (exact) mass is 442 g/mol. The molecular formula is C24H27FN2O3S. The molecule has 2 heterocycles. The van der Waals surface area contributed by atoms with Gasteiger partial charge in [-0.25, -0.2) is 9.37 Å². The molecule has 0 spiro atoms. The van der Waals surface area contributed by atoms with E-state index in [9.17, 15) is 14.0 Å². The first-order valence-electron chi connectivity index (χ1n) is 10.6. The fourth-order valence-corrected chi connectivity index (χ4v) is 5.24. The number of thiophene rings is 1. The summed E-state index contributed by atoms with van der Waals surface area (Å²) in [5, 5.41) is 2.28. The van der Waals surface area contributed by atoms with E-state index in [1.807, 2.05) is 5.38 Å². The van der Waals surface area contributed by atoms with Crippen molar-refractivity contribution in [3.05, 3.63) is 52.1 Å². The van der Waals surface area contributed by atoms with E-state index < -0.39 is 5.97 Å². The molecule has 1 aliphatic rings. The standard InChI is InChI=1S/C24H27FN2O3S/c1-24(2,3)16-6-10-18(11-7-16)30-20(28)12-27-14-26-22-21(23(27)29)19(13-31-22)15-4-8-17(25)9-5-15/h4-5,8-9,13-14,16,18H,6-7,10-12H2,1-3H3. The van der Waals surface area contributed by atoms with Crippen LogP contribution in [0.15, 0.2) is 40.8 Å². The van der Waals surface area contributed by atoms with Gasteiger partial charge in [-0.1, -0.05) is 32.9 Å². The first-order chi connectivity index (χ1) is 14.7. The van der Waals surface area contributed by atoms with Crippen LogP contribution in [0.5, 0.6) is 0 Å². The molecule has 1 fully saturated rings. The van der Waals surface area contributed by atoms with Crippen molar-refractivity contribution in [1.82, 2.24) is 9.55 Å². The van der Waals surface area contributed by atoms with Crippen molar-refractivity contribution in [2.45, 2.75) is 59.1 Å². The number of carbonyl (C=O) groups excluding carboxylic acids is 1. The van der Waals surface area contributed by atoms with Crippen molar-refractivity contribution in [1.29, 1.82) is 0 Å². The molecule has 3 aromatic rings. The lowest BCUT2D eigenvalue weighted by molar-refractivity contribution is -0.152. The van der Waals surface area contributed by atoms with Crippen molar-refractivity contribution < 1.29 is 13.9 Å². The van der Waals surface area contributed by atoms with Gasteiger partial charge in [0, 0.05) is 10.9 Å². The Hall–Kier alpha value is -2.54. The Balaban J connectivity index is 1.48. The van der Waals surface area contributed by atoms with E-state index in [1.165, 1.54) is 34.4 Å². The minimum atomic E-state index is -0.416. The Morgan fingerprint density at radius 3 is 2.52 bits per heavy atom. The molecule has 2 aromatic heterocycles. The summed E-state index contributed by atoms with van der Waals surface area (Å²) in [6.45, 7) is 6.60. The largest absolute Gasteiger partial charge is 0.461 e. The van der Waals surface area contributed by atoms with Crippen LogP contribution in [0.1, 0.15) is 46.5 Å². The van der Waals surface area contributed by atoms with E-state index in [-0.39, 0.29) is 29.4 Å². The number of aromatic nitrogens is 2. The minimum Gasteiger partial charge on any atom is -0.461 e. The number of rotatable bonds is 4. The van der Waals surface area contributed by atoms with Gasteiger partial charge < -0.3 is 4.74 Å². The van der Waals surface area contributed by atoms with Crippen LogP contribution in [-0.4, -0.2) is 21.6 Å². The highest BCUT2D eigenvalue weighted by Gasteiger charge is 2.31. The van der Waals surface area contributed by atoms with Crippen molar-refractivity contribution in [3.8, 4) is 11.1 Å². The van der Waals surface area contributed by atoms with Crippen molar-refractivity contribution in [3.63, 3.8) is 0 Å². The molecule has 1 saturated carbocycles. The zero-order chi connectivity index (χ0) is 22.2. The Morgan fingerprint density at radius 1 is 1.19 bits per heavy atom. The highest BCUT2D eigenvalue weighted by molar-refractivity contribution is 7.17. The van der Waals surface area contributed by atoms with Gasteiger partial charge in [-0.2, -0.15) is 0 Å². The van der Waals surface area contributed by atoms with Gasteiger partial charge in [0.1, 0.15) is 23.3 Å². The first-order valence-corrected chi connectivity index (χ1v) is 11.5. The van der Waals surface area contributed by atoms with Crippen LogP contribution in [0.4, 0.5) is 4.39 Å². The number of halogens is 1. The van der Waals surface area contributed by atoms with Gasteiger partial charge in [-0.3, -0.25) is 14.2 Å². The molecular weight excluding hydrogens is 415 g/mol. The Morgan fingerprint density at radius 2 is 1.87 bits per heavy atom. The van der Waals surface area contributed by atoms with E-state index >= 15 is 0 Å². The van der Waals surface area contributed by atoms with Gasteiger partial charge in [-0.15, -0.1) is 11.3 Å². The van der Waals surface area contributed by atoms with Crippen LogP contribution < -0.4 is 5.56 Å². The Labute approximate surface area is 184 Å². The second-order valence-electron chi connectivity index (χ2n) is 9.34. The summed E-state index contributed by atoms with van der Waals surface area (Å²) in [5.74, 6) is -0.112. The lowest BCUT2D eigenvalue weighted by Gasteiger charge is -2.36. The number of ether oxygens (including phenoxy) is 1. The van der Waals surface area contributed by atoms with E-state index in [2.05, 4.69) is 25.8 Å². The molecule has 0 aliphatic heterocycles. The predicted octanol–water partition coefficient (Wildman–Crippen LogP) is 5.41. The highest BCUT2D eigenvalue weighted by Crippen LogP contribution is 2.38. The quantitative estimate of drug-likeness (QED) is 0.507. The summed E-state index contributed by atoms with van der Waals surface area (Å²) >= 11 is 1.35. The number of hydrogen-bond acceptors (Lipinski definition) is 5. The second kappa shape index (κ2) is 8.54. The van der Waals surface area contributed by atoms with Crippen molar-refractivity contribution in [2.75, 3.05) is 0 Å². The van der Waals surface area contributed by atoms with E-state index in [1.54, 1.807) is 12.1 Å². The summed E-state index contributed by atoms with van der Waals surface area (Å²) in [6, 6.07) is 5.99. The number of fused-ring (bicyclic) bond motifs is 1. The van der Waals surface area contributed by atoms with E-state index in [0.29, 0.717) is 21.7 Å². The van der Waals surface area contributed by atoms with Crippen LogP contribution in [0, 0.1) is 17.2 Å². The average Bonchev–Trinajstić information content (AvgIpc) is 3.15. The van der Waals surface area contributed by atoms with Gasteiger partial charge in [0.05, 0.1) is 11.7 Å². The van der Waals surface area contributed by atoms with Gasteiger partial charge >= 0.3 is 5.97 Å². The van der Waals surface area contributed by atoms with Crippen LogP contribution in [-0.2, 0) is 16.1 Å². The van der Waals surface area contributed by atoms with Gasteiger partial charge in [0.2, 0.25) is 0 Å². The second-order valence-corrected chi connectivity index (χ2v) is 10.2. The summed E-state index contributed by atoms with van der Waals surface area (Å²) in [6.07, 6.45) is 5.12. The molecule has 164 valence electrons. The normalized spacial score (nSPS) is 19.5. The van der Waals surface area contributed by atoms with Gasteiger partial charge in [0.15, 0.2) is 0 Å². The number of benzene rings is 1. The minimum absolute atomic E-state index is 0.0885. The zero-order valence-electron chi connectivity index (χ0n) is 18.1. The molecule has 7 heteroatoms. The number of carbonyl (C=O) groups is 1. The third-order valence-corrected chi connectivity index (χ3v) is 7.10. The van der Waals surface area contributed by atoms with E-state index in [4.69, 9.17) is 4.74 Å². The predicted molar refractivity (Wildman–Crippen MR) is 121 cm³/mol. The Bertz CT molecular complexity index is 1140. The maximum atomic E-state index is 13.3. The molecule has 4 rings (SSSR count). The van der Waals surface area contributed by atoms with Gasteiger partial charge in [-0.05, 0) is 54.7 Å². The number of hydrogen-bond donors (Lipinski definition) is 0. The highest BCUT2D eigenvalue weighted by atomic mass is 32.1. The zero-order valence-corrected chi connectivity index (χ0v) is 18.9. The molecule has 1 aliphatic carbocycles. The molecule has 0 radical (unpaired) electrons. The third kappa shape index (κ3) is 4.71. The summed E-state index contributed by atoms with van der Waals surface area (Å²) in [7, 11) is 0. The van der Waals surface area contributed by atoms with Crippen molar-refractivity contribution in [2.24, 2.45) is 11.3 Å². The van der Waals surface area contributed by atoms with Crippen LogP contribution in [0.25, 0.3) is 21.3 Å². The molecule has 1 aromatic carbocycles. The van der Waals surface area contributed by atoms with Gasteiger partial charge in [0.25, 0.3) is 5.56 Å². The molecule has 0 bridgehead atoms. The lowest BCUT2D eigenvalue weighted by atomic mass is 9.72.